The van der Waals surface area contributed by atoms with E-state index in [-0.39, 0.29) is 23.4 Å². The Labute approximate surface area is 161 Å². The summed E-state index contributed by atoms with van der Waals surface area (Å²) in [6.07, 6.45) is 3.71. The molecule has 1 rings (SSSR count). The van der Waals surface area contributed by atoms with Crippen LogP contribution in [0.3, 0.4) is 0 Å². The summed E-state index contributed by atoms with van der Waals surface area (Å²) >= 11 is 0. The van der Waals surface area contributed by atoms with E-state index in [1.807, 2.05) is 0 Å². The summed E-state index contributed by atoms with van der Waals surface area (Å²) in [5.41, 5.74) is 10.5. The van der Waals surface area contributed by atoms with E-state index in [1.54, 1.807) is 25.1 Å². The van der Waals surface area contributed by atoms with Crippen molar-refractivity contribution in [3.63, 3.8) is 0 Å². The Bertz CT molecular complexity index is 690. The maximum absolute atomic E-state index is 12.2. The fourth-order valence-corrected chi connectivity index (χ4v) is 3.55. The predicted octanol–water partition coefficient (Wildman–Crippen LogP) is 0.486. The molecule has 0 bridgehead atoms. The largest absolute Gasteiger partial charge is 0.370 e. The van der Waals surface area contributed by atoms with Gasteiger partial charge >= 0.3 is 6.03 Å². The number of unbranched alkanes of at least 4 members (excludes halogenated alkanes) is 3. The number of nitrogens with zero attached hydrogens (tertiary/aromatic N) is 1. The van der Waals surface area contributed by atoms with Crippen molar-refractivity contribution in [3.05, 3.63) is 30.3 Å². The van der Waals surface area contributed by atoms with Crippen molar-refractivity contribution in [2.75, 3.05) is 19.6 Å². The molecule has 0 heterocycles. The van der Waals surface area contributed by atoms with Gasteiger partial charge in [0.25, 0.3) is 0 Å². The van der Waals surface area contributed by atoms with Gasteiger partial charge in [-0.25, -0.2) is 17.9 Å². The first-order valence-electron chi connectivity index (χ1n) is 8.95. The van der Waals surface area contributed by atoms with Crippen molar-refractivity contribution in [2.45, 2.75) is 43.5 Å². The van der Waals surface area contributed by atoms with Crippen molar-refractivity contribution in [3.8, 4) is 0 Å². The van der Waals surface area contributed by atoms with E-state index in [0.717, 1.165) is 25.7 Å². The van der Waals surface area contributed by atoms with Gasteiger partial charge in [-0.05, 0) is 31.9 Å². The topological polar surface area (TPSA) is 152 Å². The standard InChI is InChI=1S/C17H30N6O3S/c1-14(23-27(25,26)15-9-5-4-6-10-15)13-22-17(24)21-12-8-3-2-7-11-20-16(18)19/h4-6,9-10,14,23H,2-3,7-8,11-13H2,1H3,(H4,18,19,20)(H2,21,22,24). The molecule has 27 heavy (non-hydrogen) atoms. The summed E-state index contributed by atoms with van der Waals surface area (Å²) in [6, 6.07) is 7.35. The second-order valence-corrected chi connectivity index (χ2v) is 7.91. The number of guanidine groups is 1. The third-order valence-electron chi connectivity index (χ3n) is 3.64. The van der Waals surface area contributed by atoms with Gasteiger partial charge in [-0.1, -0.05) is 31.0 Å². The summed E-state index contributed by atoms with van der Waals surface area (Å²) < 4.78 is 26.9. The van der Waals surface area contributed by atoms with Gasteiger partial charge in [0, 0.05) is 25.7 Å². The van der Waals surface area contributed by atoms with Crippen molar-refractivity contribution in [1.29, 1.82) is 0 Å². The molecule has 0 aliphatic heterocycles. The van der Waals surface area contributed by atoms with Gasteiger partial charge in [-0.15, -0.1) is 0 Å². The lowest BCUT2D eigenvalue weighted by Crippen LogP contribution is -2.45. The number of hydrogen-bond donors (Lipinski definition) is 5. The smallest absolute Gasteiger partial charge is 0.314 e. The zero-order chi connectivity index (χ0) is 20.1. The average Bonchev–Trinajstić information content (AvgIpc) is 2.62. The first kappa shape index (κ1) is 22.7. The van der Waals surface area contributed by atoms with Crippen molar-refractivity contribution in [2.24, 2.45) is 16.5 Å². The minimum absolute atomic E-state index is 0.105. The molecule has 0 spiro atoms. The Kier molecular flexibility index (Phi) is 10.2. The fourth-order valence-electron chi connectivity index (χ4n) is 2.28. The van der Waals surface area contributed by atoms with Gasteiger partial charge in [0.2, 0.25) is 10.0 Å². The number of nitrogens with one attached hydrogen (secondary N) is 3. The highest BCUT2D eigenvalue weighted by atomic mass is 32.2. The van der Waals surface area contributed by atoms with E-state index >= 15 is 0 Å². The average molecular weight is 399 g/mol. The molecule has 0 radical (unpaired) electrons. The number of hydrogen-bond acceptors (Lipinski definition) is 4. The molecule has 1 aromatic rings. The van der Waals surface area contributed by atoms with Gasteiger partial charge in [0.1, 0.15) is 0 Å². The maximum Gasteiger partial charge on any atom is 0.314 e. The van der Waals surface area contributed by atoms with Crippen LogP contribution in [0.25, 0.3) is 0 Å². The first-order valence-corrected chi connectivity index (χ1v) is 10.4. The Hall–Kier alpha value is -2.33. The number of aliphatic imine (C=N–C) groups is 1. The minimum atomic E-state index is -3.59. The lowest BCUT2D eigenvalue weighted by atomic mass is 10.2. The first-order chi connectivity index (χ1) is 12.8. The Morgan fingerprint density at radius 1 is 1.07 bits per heavy atom. The lowest BCUT2D eigenvalue weighted by Gasteiger charge is -2.15. The zero-order valence-electron chi connectivity index (χ0n) is 15.6. The molecule has 0 fully saturated rings. The van der Waals surface area contributed by atoms with Crippen molar-refractivity contribution >= 4 is 22.0 Å². The van der Waals surface area contributed by atoms with Crippen LogP contribution in [0.4, 0.5) is 4.79 Å². The number of carbonyl (C=O) groups excluding carboxylic acids is 1. The highest BCUT2D eigenvalue weighted by Gasteiger charge is 2.17. The summed E-state index contributed by atoms with van der Waals surface area (Å²) in [4.78, 5) is 15.8. The van der Waals surface area contributed by atoms with E-state index in [9.17, 15) is 13.2 Å². The fraction of sp³-hybridized carbons (Fsp3) is 0.529. The van der Waals surface area contributed by atoms with Crippen LogP contribution in [0.15, 0.2) is 40.2 Å². The van der Waals surface area contributed by atoms with Crippen LogP contribution < -0.4 is 26.8 Å². The highest BCUT2D eigenvalue weighted by molar-refractivity contribution is 7.89. The molecular weight excluding hydrogens is 368 g/mol. The number of amides is 2. The molecule has 1 unspecified atom stereocenters. The van der Waals surface area contributed by atoms with Crippen LogP contribution in [0, 0.1) is 0 Å². The van der Waals surface area contributed by atoms with Gasteiger partial charge in [0.15, 0.2) is 5.96 Å². The van der Waals surface area contributed by atoms with Gasteiger partial charge in [-0.2, -0.15) is 0 Å². The third-order valence-corrected chi connectivity index (χ3v) is 5.25. The van der Waals surface area contributed by atoms with Crippen LogP contribution >= 0.6 is 0 Å². The molecule has 2 amide bonds. The number of carbonyl (C=O) groups is 1. The molecule has 0 aromatic heterocycles. The van der Waals surface area contributed by atoms with Crippen LogP contribution in [0.5, 0.6) is 0 Å². The summed E-state index contributed by atoms with van der Waals surface area (Å²) in [6.45, 7) is 3.05. The van der Waals surface area contributed by atoms with Gasteiger partial charge < -0.3 is 22.1 Å². The maximum atomic E-state index is 12.2. The molecule has 7 N–H and O–H groups in total. The number of nitrogens with two attached hydrogens (primary N) is 2. The van der Waals surface area contributed by atoms with Crippen LogP contribution in [-0.2, 0) is 10.0 Å². The summed E-state index contributed by atoms with van der Waals surface area (Å²) in [5, 5.41) is 5.40. The molecule has 1 aromatic carbocycles. The molecular formula is C17H30N6O3S. The number of urea groups is 1. The molecule has 1 atom stereocenters. The van der Waals surface area contributed by atoms with E-state index < -0.39 is 16.1 Å². The van der Waals surface area contributed by atoms with Crippen LogP contribution in [-0.4, -0.2) is 46.1 Å². The minimum Gasteiger partial charge on any atom is -0.370 e. The Balaban J connectivity index is 2.14. The Morgan fingerprint density at radius 3 is 2.41 bits per heavy atom. The number of benzene rings is 1. The third kappa shape index (κ3) is 10.4. The second-order valence-electron chi connectivity index (χ2n) is 6.19. The lowest BCUT2D eigenvalue weighted by molar-refractivity contribution is 0.240. The van der Waals surface area contributed by atoms with Crippen molar-refractivity contribution in [1.82, 2.24) is 15.4 Å². The number of rotatable bonds is 12. The normalized spacial score (nSPS) is 12.2. The zero-order valence-corrected chi connectivity index (χ0v) is 16.5. The van der Waals surface area contributed by atoms with E-state index in [1.165, 1.54) is 12.1 Å². The molecule has 0 saturated carbocycles. The van der Waals surface area contributed by atoms with Gasteiger partial charge in [0.05, 0.1) is 4.90 Å². The summed E-state index contributed by atoms with van der Waals surface area (Å²) in [5.74, 6) is 0.105. The molecule has 0 saturated heterocycles. The van der Waals surface area contributed by atoms with E-state index in [4.69, 9.17) is 11.5 Å². The highest BCUT2D eigenvalue weighted by Crippen LogP contribution is 2.07. The predicted molar refractivity (Wildman–Crippen MR) is 107 cm³/mol. The van der Waals surface area contributed by atoms with Crippen LogP contribution in [0.2, 0.25) is 0 Å². The van der Waals surface area contributed by atoms with E-state index in [2.05, 4.69) is 20.3 Å². The monoisotopic (exact) mass is 398 g/mol. The molecule has 9 nitrogen and oxygen atoms in total. The second kappa shape index (κ2) is 12.1. The molecule has 10 heteroatoms. The molecule has 0 aliphatic carbocycles. The van der Waals surface area contributed by atoms with E-state index in [0.29, 0.717) is 13.1 Å². The number of sulfonamides is 1. The Morgan fingerprint density at radius 2 is 1.74 bits per heavy atom. The SMILES string of the molecule is CC(CNC(=O)NCCCCCCN=C(N)N)NS(=O)(=O)c1ccccc1. The quantitative estimate of drug-likeness (QED) is 0.197. The molecule has 152 valence electrons. The van der Waals surface area contributed by atoms with Crippen molar-refractivity contribution < 1.29 is 13.2 Å². The molecule has 0 aliphatic rings. The van der Waals surface area contributed by atoms with Gasteiger partial charge in [-0.3, -0.25) is 4.99 Å². The van der Waals surface area contributed by atoms with Crippen LogP contribution in [0.1, 0.15) is 32.6 Å². The summed E-state index contributed by atoms with van der Waals surface area (Å²) in [7, 11) is -3.59.